The lowest BCUT2D eigenvalue weighted by molar-refractivity contribution is 0.193. The van der Waals surface area contributed by atoms with Gasteiger partial charge in [0, 0.05) is 31.4 Å². The molecule has 0 aromatic heterocycles. The van der Waals surface area contributed by atoms with Gasteiger partial charge < -0.3 is 10.0 Å². The summed E-state index contributed by atoms with van der Waals surface area (Å²) in [6.45, 7) is 2.24. The first kappa shape index (κ1) is 20.8. The zero-order valence-electron chi connectivity index (χ0n) is 18.1. The Kier molecular flexibility index (Phi) is 5.27. The molecular weight excluding hydrogens is 412 g/mol. The maximum Gasteiger partial charge on any atom is 0.278 e. The zero-order valence-corrected chi connectivity index (χ0v) is 18.9. The van der Waals surface area contributed by atoms with Crippen LogP contribution in [0.2, 0.25) is 0 Å². The van der Waals surface area contributed by atoms with Crippen molar-refractivity contribution >= 4 is 32.7 Å². The number of aliphatic hydroxyl groups is 1. The molecule has 1 aromatic rings. The average Bonchev–Trinajstić information content (AvgIpc) is 3.42. The molecule has 0 radical (unpaired) electrons. The molecule has 1 fully saturated rings. The fraction of sp³-hybridized carbons (Fsp3) is 0.565. The van der Waals surface area contributed by atoms with Gasteiger partial charge in [-0.05, 0) is 67.9 Å². The van der Waals surface area contributed by atoms with Gasteiger partial charge in [-0.2, -0.15) is 4.31 Å². The van der Waals surface area contributed by atoms with Crippen LogP contribution in [0, 0.1) is 5.92 Å². The van der Waals surface area contributed by atoms with Crippen molar-refractivity contribution in [3.8, 4) is 0 Å². The summed E-state index contributed by atoms with van der Waals surface area (Å²) in [4.78, 5) is 10.5. The molecule has 31 heavy (non-hydrogen) atoms. The first-order chi connectivity index (χ1) is 14.9. The largest absolute Gasteiger partial charge is 0.394 e. The van der Waals surface area contributed by atoms with Crippen molar-refractivity contribution in [2.75, 3.05) is 25.1 Å². The van der Waals surface area contributed by atoms with E-state index in [0.29, 0.717) is 13.0 Å². The molecule has 0 bridgehead atoms. The summed E-state index contributed by atoms with van der Waals surface area (Å²) in [5.74, 6) is 0.0243. The summed E-state index contributed by atoms with van der Waals surface area (Å²) >= 11 is 0. The fourth-order valence-corrected chi connectivity index (χ4v) is 7.25. The molecule has 3 heterocycles. The monoisotopic (exact) mass is 442 g/mol. The molecule has 4 aliphatic rings. The van der Waals surface area contributed by atoms with Crippen molar-refractivity contribution in [2.45, 2.75) is 57.2 Å². The van der Waals surface area contributed by atoms with Gasteiger partial charge in [-0.3, -0.25) is 0 Å². The van der Waals surface area contributed by atoms with Gasteiger partial charge in [0.15, 0.2) is 0 Å². The van der Waals surface area contributed by atoms with Crippen molar-refractivity contribution in [1.82, 2.24) is 4.31 Å². The standard InChI is InChI=1S/C23H30N4O3S/c1-15-13-24-23(25-15)31(29,30)27-11-10-18-21(14-28)26(2)20-9-8-17(12-19(20)22(18)27)16-6-4-3-5-7-16/h6,8-9,12-13,15,18,21-22,28H,3-5,7,10-11,14H2,1-2H3/t15?,18-,21+,22-/m0/s1. The number of allylic oxidation sites excluding steroid dienone is 2. The van der Waals surface area contributed by atoms with E-state index in [1.807, 2.05) is 14.0 Å². The molecule has 3 aliphatic heterocycles. The van der Waals surface area contributed by atoms with Crippen LogP contribution < -0.4 is 4.90 Å². The summed E-state index contributed by atoms with van der Waals surface area (Å²) in [5.41, 5.74) is 4.55. The molecule has 4 atom stereocenters. The number of aliphatic hydroxyl groups excluding tert-OH is 1. The van der Waals surface area contributed by atoms with Crippen LogP contribution in [0.5, 0.6) is 0 Å². The number of hydrogen-bond acceptors (Lipinski definition) is 6. The van der Waals surface area contributed by atoms with Gasteiger partial charge >= 0.3 is 0 Å². The van der Waals surface area contributed by atoms with E-state index in [1.54, 1.807) is 10.5 Å². The molecular formula is C23H30N4O3S. The molecule has 7 nitrogen and oxygen atoms in total. The highest BCUT2D eigenvalue weighted by Crippen LogP contribution is 2.50. The van der Waals surface area contributed by atoms with E-state index in [-0.39, 0.29) is 35.8 Å². The van der Waals surface area contributed by atoms with E-state index in [2.05, 4.69) is 39.2 Å². The number of aliphatic imine (C=N–C) groups is 2. The zero-order chi connectivity index (χ0) is 21.8. The summed E-state index contributed by atoms with van der Waals surface area (Å²) in [5, 5.41) is 10.1. The Bertz CT molecular complexity index is 1080. The van der Waals surface area contributed by atoms with Gasteiger partial charge in [-0.1, -0.05) is 12.1 Å². The van der Waals surface area contributed by atoms with Gasteiger partial charge in [0.1, 0.15) is 0 Å². The molecule has 166 valence electrons. The van der Waals surface area contributed by atoms with Crippen molar-refractivity contribution in [1.29, 1.82) is 0 Å². The van der Waals surface area contributed by atoms with Gasteiger partial charge in [-0.15, -0.1) is 0 Å². The molecule has 1 N–H and O–H groups in total. The first-order valence-electron chi connectivity index (χ1n) is 11.2. The fourth-order valence-electron chi connectivity index (χ4n) is 5.63. The predicted octanol–water partition coefficient (Wildman–Crippen LogP) is 2.98. The molecule has 1 saturated heterocycles. The van der Waals surface area contributed by atoms with Crippen molar-refractivity contribution < 1.29 is 13.5 Å². The minimum Gasteiger partial charge on any atom is -0.394 e. The highest BCUT2D eigenvalue weighted by molar-refractivity contribution is 8.04. The minimum absolute atomic E-state index is 0.00592. The van der Waals surface area contributed by atoms with Crippen LogP contribution in [-0.4, -0.2) is 61.5 Å². The second-order valence-corrected chi connectivity index (χ2v) is 10.8. The summed E-state index contributed by atoms with van der Waals surface area (Å²) in [6.07, 6.45) is 9.18. The SMILES string of the molecule is CC1C=NC(S(=O)(=O)N2CC[C@H]3[C@@H](CO)N(C)c4ccc(C5=CCCCC5)cc4[C@H]32)=N1. The third kappa shape index (κ3) is 3.36. The number of fused-ring (bicyclic) bond motifs is 3. The van der Waals surface area contributed by atoms with Crippen LogP contribution in [0.15, 0.2) is 34.3 Å². The Labute approximate surface area is 184 Å². The number of anilines is 1. The van der Waals surface area contributed by atoms with Crippen LogP contribution >= 0.6 is 0 Å². The highest BCUT2D eigenvalue weighted by atomic mass is 32.2. The number of amidine groups is 1. The minimum atomic E-state index is -3.80. The van der Waals surface area contributed by atoms with E-state index in [1.165, 1.54) is 24.0 Å². The van der Waals surface area contributed by atoms with E-state index in [9.17, 15) is 13.5 Å². The van der Waals surface area contributed by atoms with Gasteiger partial charge in [0.2, 0.25) is 0 Å². The third-order valence-electron chi connectivity index (χ3n) is 7.22. The first-order valence-corrected chi connectivity index (χ1v) is 12.7. The second-order valence-electron chi connectivity index (χ2n) is 9.05. The molecule has 5 rings (SSSR count). The molecule has 0 spiro atoms. The van der Waals surface area contributed by atoms with Crippen LogP contribution in [0.4, 0.5) is 5.69 Å². The maximum absolute atomic E-state index is 13.5. The molecule has 1 unspecified atom stereocenters. The van der Waals surface area contributed by atoms with Crippen LogP contribution in [0.3, 0.4) is 0 Å². The quantitative estimate of drug-likeness (QED) is 0.780. The summed E-state index contributed by atoms with van der Waals surface area (Å²) < 4.78 is 28.6. The molecule has 0 saturated carbocycles. The summed E-state index contributed by atoms with van der Waals surface area (Å²) in [6, 6.07) is 5.77. The van der Waals surface area contributed by atoms with Gasteiger partial charge in [-0.25, -0.2) is 18.4 Å². The lowest BCUT2D eigenvalue weighted by Gasteiger charge is -2.44. The van der Waals surface area contributed by atoms with E-state index >= 15 is 0 Å². The number of benzene rings is 1. The third-order valence-corrected chi connectivity index (χ3v) is 8.92. The smallest absolute Gasteiger partial charge is 0.278 e. The Morgan fingerprint density at radius 3 is 2.77 bits per heavy atom. The number of hydrogen-bond donors (Lipinski definition) is 1. The topological polar surface area (TPSA) is 85.6 Å². The van der Waals surface area contributed by atoms with Gasteiger partial charge in [0.05, 0.1) is 24.7 Å². The van der Waals surface area contributed by atoms with Crippen molar-refractivity contribution in [2.24, 2.45) is 15.9 Å². The summed E-state index contributed by atoms with van der Waals surface area (Å²) in [7, 11) is -1.80. The Hall–Kier alpha value is -2.03. The maximum atomic E-state index is 13.5. The van der Waals surface area contributed by atoms with Crippen LogP contribution in [-0.2, 0) is 10.0 Å². The van der Waals surface area contributed by atoms with Crippen LogP contribution in [0.1, 0.15) is 56.2 Å². The average molecular weight is 443 g/mol. The molecule has 0 amide bonds. The Morgan fingerprint density at radius 2 is 2.10 bits per heavy atom. The number of nitrogens with zero attached hydrogens (tertiary/aromatic N) is 4. The van der Waals surface area contributed by atoms with Crippen molar-refractivity contribution in [3.05, 3.63) is 35.4 Å². The Morgan fingerprint density at radius 1 is 1.26 bits per heavy atom. The molecule has 1 aromatic carbocycles. The van der Waals surface area contributed by atoms with E-state index < -0.39 is 10.0 Å². The molecule has 1 aliphatic carbocycles. The second kappa shape index (κ2) is 7.83. The number of sulfonamides is 1. The van der Waals surface area contributed by atoms with E-state index in [0.717, 1.165) is 24.1 Å². The van der Waals surface area contributed by atoms with Crippen LogP contribution in [0.25, 0.3) is 5.57 Å². The van der Waals surface area contributed by atoms with Crippen molar-refractivity contribution in [3.63, 3.8) is 0 Å². The highest BCUT2D eigenvalue weighted by Gasteiger charge is 2.51. The van der Waals surface area contributed by atoms with E-state index in [4.69, 9.17) is 0 Å². The normalized spacial score (nSPS) is 30.7. The number of rotatable bonds is 3. The number of likely N-dealkylation sites (N-methyl/N-ethyl adjacent to an activating group) is 1. The predicted molar refractivity (Wildman–Crippen MR) is 124 cm³/mol. The lowest BCUT2D eigenvalue weighted by atomic mass is 9.81. The molecule has 8 heteroatoms. The Balaban J connectivity index is 1.61. The lowest BCUT2D eigenvalue weighted by Crippen LogP contribution is -2.48. The van der Waals surface area contributed by atoms with Gasteiger partial charge in [0.25, 0.3) is 15.2 Å².